The fourth-order valence-electron chi connectivity index (χ4n) is 2.53. The smallest absolute Gasteiger partial charge is 0.344 e. The minimum atomic E-state index is -1.01. The number of aromatic nitrogens is 1. The maximum Gasteiger partial charge on any atom is 0.344 e. The molecule has 1 heterocycles. The van der Waals surface area contributed by atoms with E-state index < -0.39 is 11.9 Å². The number of aromatic carboxylic acids is 1. The molecule has 0 radical (unpaired) electrons. The Bertz CT molecular complexity index is 1070. The van der Waals surface area contributed by atoms with Crippen LogP contribution >= 0.6 is 23.2 Å². The number of anilines is 1. The quantitative estimate of drug-likeness (QED) is 0.514. The molecule has 29 heavy (non-hydrogen) atoms. The maximum absolute atomic E-state index is 12.3. The third-order valence-electron chi connectivity index (χ3n) is 3.92. The summed E-state index contributed by atoms with van der Waals surface area (Å²) in [5.41, 5.74) is 1.40. The van der Waals surface area contributed by atoms with E-state index >= 15 is 0 Å². The first kappa shape index (κ1) is 20.4. The predicted octanol–water partition coefficient (Wildman–Crippen LogP) is 5.22. The van der Waals surface area contributed by atoms with E-state index in [1.165, 1.54) is 31.5 Å². The van der Waals surface area contributed by atoms with Crippen molar-refractivity contribution in [1.29, 1.82) is 0 Å². The van der Waals surface area contributed by atoms with Gasteiger partial charge in [0.15, 0.2) is 5.76 Å². The molecule has 0 bridgehead atoms. The van der Waals surface area contributed by atoms with E-state index in [9.17, 15) is 9.59 Å². The largest absolute Gasteiger partial charge is 0.478 e. The summed E-state index contributed by atoms with van der Waals surface area (Å²) in [7, 11) is 1.24. The van der Waals surface area contributed by atoms with Crippen molar-refractivity contribution in [1.82, 2.24) is 5.16 Å². The molecule has 0 saturated heterocycles. The molecule has 0 saturated carbocycles. The van der Waals surface area contributed by atoms with Gasteiger partial charge in [-0.05, 0) is 36.4 Å². The summed E-state index contributed by atoms with van der Waals surface area (Å²) in [6, 6.07) is 11.0. The van der Waals surface area contributed by atoms with Gasteiger partial charge in [-0.2, -0.15) is 0 Å². The molecule has 2 aromatic carbocycles. The Morgan fingerprint density at radius 2 is 1.79 bits per heavy atom. The number of nitrogens with one attached hydrogen (secondary N) is 1. The monoisotopic (exact) mass is 432 g/mol. The summed E-state index contributed by atoms with van der Waals surface area (Å²) in [6.45, 7) is 0. The molecule has 0 aliphatic carbocycles. The molecule has 7 nitrogen and oxygen atoms in total. The summed E-state index contributed by atoms with van der Waals surface area (Å²) >= 11 is 12.4. The molecule has 0 amide bonds. The Morgan fingerprint density at radius 1 is 1.14 bits per heavy atom. The number of carboxylic acids is 1. The second-order valence-electron chi connectivity index (χ2n) is 5.72. The van der Waals surface area contributed by atoms with Crippen LogP contribution in [-0.4, -0.2) is 29.3 Å². The van der Waals surface area contributed by atoms with E-state index in [1.54, 1.807) is 30.3 Å². The average Bonchev–Trinajstić information content (AvgIpc) is 3.11. The Morgan fingerprint density at radius 3 is 2.38 bits per heavy atom. The van der Waals surface area contributed by atoms with E-state index in [0.717, 1.165) is 0 Å². The fourth-order valence-corrected chi connectivity index (χ4v) is 3.11. The Hall–Kier alpha value is -3.29. The van der Waals surface area contributed by atoms with E-state index in [2.05, 4.69) is 10.5 Å². The first-order chi connectivity index (χ1) is 13.9. The Kier molecular flexibility index (Phi) is 6.21. The van der Waals surface area contributed by atoms with Crippen LogP contribution in [0.2, 0.25) is 10.0 Å². The number of carboxylic acid groups (broad SMARTS) is 1. The van der Waals surface area contributed by atoms with Gasteiger partial charge in [0.2, 0.25) is 0 Å². The predicted molar refractivity (Wildman–Crippen MR) is 109 cm³/mol. The highest BCUT2D eigenvalue weighted by molar-refractivity contribution is 6.39. The van der Waals surface area contributed by atoms with Gasteiger partial charge in [0, 0.05) is 23.5 Å². The number of nitrogens with zero attached hydrogens (tertiary/aromatic N) is 1. The zero-order chi connectivity index (χ0) is 21.0. The lowest BCUT2D eigenvalue weighted by molar-refractivity contribution is 0.0599. The first-order valence-corrected chi connectivity index (χ1v) is 8.96. The number of carbonyl (C=O) groups is 2. The molecule has 0 aliphatic heterocycles. The van der Waals surface area contributed by atoms with Gasteiger partial charge < -0.3 is 19.7 Å². The number of hydrogen-bond donors (Lipinski definition) is 2. The van der Waals surface area contributed by atoms with E-state index in [0.29, 0.717) is 21.3 Å². The highest BCUT2D eigenvalue weighted by atomic mass is 35.5. The van der Waals surface area contributed by atoms with Gasteiger partial charge in [0.05, 0.1) is 22.7 Å². The molecule has 0 atom stereocenters. The van der Waals surface area contributed by atoms with Gasteiger partial charge in [-0.1, -0.05) is 34.4 Å². The van der Waals surface area contributed by atoms with Crippen molar-refractivity contribution in [2.45, 2.75) is 0 Å². The molecular weight excluding hydrogens is 419 g/mol. The van der Waals surface area contributed by atoms with Gasteiger partial charge in [-0.25, -0.2) is 9.59 Å². The van der Waals surface area contributed by atoms with Gasteiger partial charge in [-0.3, -0.25) is 0 Å². The molecule has 148 valence electrons. The molecule has 0 fully saturated rings. The molecular formula is C20H14Cl2N2O5. The maximum atomic E-state index is 12.3. The number of hydrogen-bond acceptors (Lipinski definition) is 6. The number of benzene rings is 2. The number of ether oxygens (including phenoxy) is 1. The minimum absolute atomic E-state index is 0.0711. The second-order valence-corrected chi connectivity index (χ2v) is 6.53. The van der Waals surface area contributed by atoms with Crippen LogP contribution in [0, 0.1) is 0 Å². The fraction of sp³-hybridized carbons (Fsp3) is 0.0500. The van der Waals surface area contributed by atoms with Crippen molar-refractivity contribution in [2.24, 2.45) is 0 Å². The zero-order valence-corrected chi connectivity index (χ0v) is 16.5. The van der Waals surface area contributed by atoms with Crippen molar-refractivity contribution < 1.29 is 24.0 Å². The zero-order valence-electron chi connectivity index (χ0n) is 15.0. The third kappa shape index (κ3) is 4.42. The minimum Gasteiger partial charge on any atom is -0.478 e. The van der Waals surface area contributed by atoms with Crippen molar-refractivity contribution in [3.63, 3.8) is 0 Å². The van der Waals surface area contributed by atoms with Gasteiger partial charge in [0.1, 0.15) is 11.3 Å². The van der Waals surface area contributed by atoms with Crippen molar-refractivity contribution in [3.05, 3.63) is 75.6 Å². The van der Waals surface area contributed by atoms with Crippen LogP contribution in [0.5, 0.6) is 0 Å². The number of methoxy groups -OCH3 is 1. The summed E-state index contributed by atoms with van der Waals surface area (Å²) in [5, 5.41) is 16.4. The lowest BCUT2D eigenvalue weighted by Gasteiger charge is -2.05. The molecule has 1 aromatic heterocycles. The molecule has 0 spiro atoms. The molecule has 3 aromatic rings. The summed E-state index contributed by atoms with van der Waals surface area (Å²) in [4.78, 5) is 23.2. The van der Waals surface area contributed by atoms with Crippen LogP contribution in [0.3, 0.4) is 0 Å². The average molecular weight is 433 g/mol. The molecule has 2 N–H and O–H groups in total. The Balaban J connectivity index is 1.91. The van der Waals surface area contributed by atoms with Crippen molar-refractivity contribution >= 4 is 46.9 Å². The molecule has 0 unspecified atom stereocenters. The van der Waals surface area contributed by atoms with Crippen LogP contribution < -0.4 is 5.32 Å². The highest BCUT2D eigenvalue weighted by Gasteiger charge is 2.26. The lowest BCUT2D eigenvalue weighted by atomic mass is 10.1. The number of esters is 1. The van der Waals surface area contributed by atoms with Crippen LogP contribution in [0.25, 0.3) is 17.3 Å². The number of carbonyl (C=O) groups excluding carboxylic acids is 1. The van der Waals surface area contributed by atoms with Crippen LogP contribution in [0.1, 0.15) is 26.5 Å². The first-order valence-electron chi connectivity index (χ1n) is 8.21. The van der Waals surface area contributed by atoms with Gasteiger partial charge in [0.25, 0.3) is 0 Å². The summed E-state index contributed by atoms with van der Waals surface area (Å²) < 4.78 is 10.1. The lowest BCUT2D eigenvalue weighted by Crippen LogP contribution is -2.04. The summed E-state index contributed by atoms with van der Waals surface area (Å²) in [6.07, 6.45) is 3.00. The van der Waals surface area contributed by atoms with Gasteiger partial charge >= 0.3 is 11.9 Å². The molecule has 3 rings (SSSR count). The van der Waals surface area contributed by atoms with Gasteiger partial charge in [-0.15, -0.1) is 0 Å². The second kappa shape index (κ2) is 8.81. The van der Waals surface area contributed by atoms with E-state index in [-0.39, 0.29) is 22.6 Å². The van der Waals surface area contributed by atoms with Crippen LogP contribution in [0.4, 0.5) is 5.69 Å². The standard InChI is InChI=1S/C20H14Cl2N2O5/c1-28-20(27)17-15(9-10-23-12-7-5-11(6-8-12)19(25)26)29-24-18(17)16-13(21)3-2-4-14(16)22/h2-10,23H,1H3,(H,25,26)/b10-9+. The highest BCUT2D eigenvalue weighted by Crippen LogP contribution is 2.37. The van der Waals surface area contributed by atoms with Crippen LogP contribution in [0.15, 0.2) is 53.2 Å². The van der Waals surface area contributed by atoms with E-state index in [1.807, 2.05) is 0 Å². The normalized spacial score (nSPS) is 10.9. The molecule has 9 heteroatoms. The third-order valence-corrected chi connectivity index (χ3v) is 4.55. The number of rotatable bonds is 6. The Labute approximate surface area is 175 Å². The topological polar surface area (TPSA) is 102 Å². The van der Waals surface area contributed by atoms with Crippen molar-refractivity contribution in [3.8, 4) is 11.3 Å². The summed E-state index contributed by atoms with van der Waals surface area (Å²) in [5.74, 6) is -1.54. The molecule has 0 aliphatic rings. The van der Waals surface area contributed by atoms with Crippen LogP contribution in [-0.2, 0) is 4.74 Å². The van der Waals surface area contributed by atoms with E-state index in [4.69, 9.17) is 37.6 Å². The SMILES string of the molecule is COC(=O)c1c(-c2c(Cl)cccc2Cl)noc1/C=C/Nc1ccc(C(=O)O)cc1. The van der Waals surface area contributed by atoms with Crippen molar-refractivity contribution in [2.75, 3.05) is 12.4 Å². The number of halogens is 2.